The van der Waals surface area contributed by atoms with Crippen LogP contribution in [-0.2, 0) is 20.6 Å². The van der Waals surface area contributed by atoms with E-state index in [-0.39, 0.29) is 6.16 Å². The van der Waals surface area contributed by atoms with Crippen molar-refractivity contribution in [3.05, 3.63) is 48.0 Å². The van der Waals surface area contributed by atoms with Crippen molar-refractivity contribution in [2.24, 2.45) is 0 Å². The fraction of sp³-hybridized carbons (Fsp3) is 0.474. The van der Waals surface area contributed by atoms with E-state index in [0.717, 1.165) is 6.54 Å². The molecular weight excluding hydrogens is 337 g/mol. The van der Waals surface area contributed by atoms with Crippen molar-refractivity contribution in [3.8, 4) is 0 Å². The largest absolute Gasteiger partial charge is 0.345 e. The first-order valence-electron chi connectivity index (χ1n) is 8.80. The summed E-state index contributed by atoms with van der Waals surface area (Å²) in [5, 5.41) is 5.81. The molecule has 1 unspecified atom stereocenters. The highest BCUT2D eigenvalue weighted by molar-refractivity contribution is 7.58. The molecule has 2 N–H and O–H groups in total. The summed E-state index contributed by atoms with van der Waals surface area (Å²) in [6, 6.07) is 13.5. The highest BCUT2D eigenvalue weighted by Crippen LogP contribution is 2.47. The molecule has 0 spiro atoms. The Kier molecular flexibility index (Phi) is 8.07. The molecular formula is C19H28NO4P. The van der Waals surface area contributed by atoms with E-state index in [9.17, 15) is 9.46 Å². The summed E-state index contributed by atoms with van der Waals surface area (Å²) >= 11 is 0. The lowest BCUT2D eigenvalue weighted by Crippen LogP contribution is -2.21. The first-order valence-corrected chi connectivity index (χ1v) is 10.7. The summed E-state index contributed by atoms with van der Waals surface area (Å²) in [6.07, 6.45) is 0.773. The number of nitrogens with one attached hydrogen (secondary N) is 1. The van der Waals surface area contributed by atoms with Crippen molar-refractivity contribution in [1.29, 1.82) is 0 Å². The monoisotopic (exact) mass is 365 g/mol. The van der Waals surface area contributed by atoms with Crippen LogP contribution in [0.4, 0.5) is 0 Å². The minimum absolute atomic E-state index is 0.181. The Hall–Kier alpha value is -1.23. The van der Waals surface area contributed by atoms with Crippen molar-refractivity contribution >= 4 is 18.1 Å². The molecule has 0 aliphatic carbocycles. The number of benzene rings is 2. The topological polar surface area (TPSA) is 67.8 Å². The van der Waals surface area contributed by atoms with E-state index in [1.165, 1.54) is 16.3 Å². The Morgan fingerprint density at radius 1 is 1.08 bits per heavy atom. The Morgan fingerprint density at radius 2 is 1.76 bits per heavy atom. The van der Waals surface area contributed by atoms with Crippen LogP contribution in [0.2, 0.25) is 0 Å². The molecule has 0 aromatic heterocycles. The SMILES string of the molecule is CCOC(OCC)P(=O)(O)CCCNCc1cccc2ccccc12. The van der Waals surface area contributed by atoms with Crippen LogP contribution >= 0.6 is 7.37 Å². The number of rotatable bonds is 11. The second-order valence-corrected chi connectivity index (χ2v) is 8.25. The van der Waals surface area contributed by atoms with E-state index < -0.39 is 13.4 Å². The van der Waals surface area contributed by atoms with Crippen molar-refractivity contribution in [3.63, 3.8) is 0 Å². The van der Waals surface area contributed by atoms with E-state index in [0.29, 0.717) is 26.2 Å². The number of fused-ring (bicyclic) bond motifs is 1. The Morgan fingerprint density at radius 3 is 2.48 bits per heavy atom. The first-order chi connectivity index (χ1) is 12.1. The second kappa shape index (κ2) is 10.0. The lowest BCUT2D eigenvalue weighted by Gasteiger charge is -2.22. The Labute approximate surface area is 149 Å². The van der Waals surface area contributed by atoms with E-state index in [4.69, 9.17) is 9.47 Å². The number of hydrogen-bond donors (Lipinski definition) is 2. The molecule has 0 saturated carbocycles. The molecule has 5 nitrogen and oxygen atoms in total. The van der Waals surface area contributed by atoms with Crippen LogP contribution in [-0.4, -0.2) is 36.8 Å². The summed E-state index contributed by atoms with van der Waals surface area (Å²) in [4.78, 5) is 10.2. The van der Waals surface area contributed by atoms with Crippen LogP contribution in [0.25, 0.3) is 10.8 Å². The molecule has 0 saturated heterocycles. The van der Waals surface area contributed by atoms with Crippen LogP contribution in [0.3, 0.4) is 0 Å². The molecule has 1 atom stereocenters. The summed E-state index contributed by atoms with van der Waals surface area (Å²) in [5.74, 6) is 0. The maximum atomic E-state index is 12.4. The minimum atomic E-state index is -3.47. The van der Waals surface area contributed by atoms with Gasteiger partial charge >= 0.3 is 0 Å². The average Bonchev–Trinajstić information content (AvgIpc) is 2.61. The quantitative estimate of drug-likeness (QED) is 0.359. The molecule has 0 heterocycles. The van der Waals surface area contributed by atoms with Gasteiger partial charge < -0.3 is 19.7 Å². The summed E-state index contributed by atoms with van der Waals surface area (Å²) in [5.41, 5.74) is 1.23. The number of hydrogen-bond acceptors (Lipinski definition) is 4. The van der Waals surface area contributed by atoms with Crippen LogP contribution in [0, 0.1) is 0 Å². The van der Waals surface area contributed by atoms with Crippen LogP contribution in [0.15, 0.2) is 42.5 Å². The number of ether oxygens (including phenoxy) is 2. The van der Waals surface area contributed by atoms with Crippen LogP contribution in [0.5, 0.6) is 0 Å². The Bertz CT molecular complexity index is 695. The van der Waals surface area contributed by atoms with Gasteiger partial charge in [-0.25, -0.2) is 0 Å². The molecule has 0 aliphatic heterocycles. The van der Waals surface area contributed by atoms with E-state index in [1.807, 2.05) is 12.1 Å². The van der Waals surface area contributed by atoms with Gasteiger partial charge in [0.15, 0.2) is 0 Å². The van der Waals surface area contributed by atoms with Gasteiger partial charge in [0, 0.05) is 25.9 Å². The normalized spacial score (nSPS) is 14.1. The highest BCUT2D eigenvalue weighted by atomic mass is 31.2. The molecule has 2 aromatic rings. The van der Waals surface area contributed by atoms with Gasteiger partial charge in [0.1, 0.15) is 0 Å². The van der Waals surface area contributed by atoms with Gasteiger partial charge in [0.05, 0.1) is 0 Å². The van der Waals surface area contributed by atoms with Gasteiger partial charge in [-0.3, -0.25) is 4.57 Å². The second-order valence-electron chi connectivity index (χ2n) is 5.87. The predicted octanol–water partition coefficient (Wildman–Crippen LogP) is 3.95. The summed E-state index contributed by atoms with van der Waals surface area (Å²) in [6.45, 7) is 5.69. The van der Waals surface area contributed by atoms with E-state index >= 15 is 0 Å². The summed E-state index contributed by atoms with van der Waals surface area (Å²) < 4.78 is 22.9. The maximum absolute atomic E-state index is 12.4. The van der Waals surface area contributed by atoms with Gasteiger partial charge in [0.25, 0.3) is 7.37 Å². The smallest absolute Gasteiger partial charge is 0.255 e. The molecule has 25 heavy (non-hydrogen) atoms. The molecule has 0 amide bonds. The molecule has 0 bridgehead atoms. The van der Waals surface area contributed by atoms with Crippen molar-refractivity contribution < 1.29 is 18.9 Å². The van der Waals surface area contributed by atoms with Crippen LogP contribution in [0.1, 0.15) is 25.8 Å². The van der Waals surface area contributed by atoms with Gasteiger partial charge in [-0.15, -0.1) is 0 Å². The zero-order valence-electron chi connectivity index (χ0n) is 15.0. The van der Waals surface area contributed by atoms with E-state index in [2.05, 4.69) is 35.6 Å². The third-order valence-electron chi connectivity index (χ3n) is 3.98. The van der Waals surface area contributed by atoms with Crippen LogP contribution < -0.4 is 5.32 Å². The lowest BCUT2D eigenvalue weighted by atomic mass is 10.0. The molecule has 2 rings (SSSR count). The van der Waals surface area contributed by atoms with Gasteiger partial charge in [0.2, 0.25) is 6.03 Å². The molecule has 6 heteroatoms. The molecule has 0 aliphatic rings. The lowest BCUT2D eigenvalue weighted by molar-refractivity contribution is -0.0871. The van der Waals surface area contributed by atoms with Gasteiger partial charge in [-0.1, -0.05) is 42.5 Å². The van der Waals surface area contributed by atoms with E-state index in [1.54, 1.807) is 13.8 Å². The minimum Gasteiger partial charge on any atom is -0.345 e. The maximum Gasteiger partial charge on any atom is 0.255 e. The molecule has 2 aromatic carbocycles. The summed E-state index contributed by atoms with van der Waals surface area (Å²) in [7, 11) is -3.47. The van der Waals surface area contributed by atoms with Gasteiger partial charge in [-0.05, 0) is 43.1 Å². The predicted molar refractivity (Wildman–Crippen MR) is 102 cm³/mol. The van der Waals surface area contributed by atoms with Crippen molar-refractivity contribution in [2.45, 2.75) is 32.8 Å². The third-order valence-corrected chi connectivity index (χ3v) is 5.89. The fourth-order valence-electron chi connectivity index (χ4n) is 2.77. The zero-order valence-corrected chi connectivity index (χ0v) is 15.9. The molecule has 138 valence electrons. The first kappa shape index (κ1) is 20.1. The Balaban J connectivity index is 1.81. The highest BCUT2D eigenvalue weighted by Gasteiger charge is 2.31. The zero-order chi connectivity index (χ0) is 18.1. The molecule has 0 radical (unpaired) electrons. The third kappa shape index (κ3) is 5.91. The fourth-order valence-corrected chi connectivity index (χ4v) is 4.36. The molecule has 0 fully saturated rings. The van der Waals surface area contributed by atoms with Gasteiger partial charge in [-0.2, -0.15) is 0 Å². The van der Waals surface area contributed by atoms with Crippen molar-refractivity contribution in [1.82, 2.24) is 5.32 Å². The average molecular weight is 365 g/mol. The standard InChI is InChI=1S/C19H28NO4P/c1-3-23-19(24-4-2)25(21,22)14-8-13-20-15-17-11-7-10-16-9-5-6-12-18(16)17/h5-7,9-12,19-20H,3-4,8,13-15H2,1-2H3,(H,21,22). The van der Waals surface area contributed by atoms with Crippen molar-refractivity contribution in [2.75, 3.05) is 25.9 Å².